The van der Waals surface area contributed by atoms with Crippen LogP contribution in [-0.4, -0.2) is 15.7 Å². The van der Waals surface area contributed by atoms with Crippen LogP contribution in [0.4, 0.5) is 0 Å². The maximum absolute atomic E-state index is 10.8. The van der Waals surface area contributed by atoms with Crippen molar-refractivity contribution in [2.75, 3.05) is 0 Å². The molecule has 0 aliphatic carbocycles. The molecule has 0 aliphatic rings. The molecule has 0 spiro atoms. The Labute approximate surface area is 64.2 Å². The van der Waals surface area contributed by atoms with Crippen LogP contribution in [0, 0.1) is 0 Å². The van der Waals surface area contributed by atoms with Crippen LogP contribution < -0.4 is 0 Å². The van der Waals surface area contributed by atoms with Crippen molar-refractivity contribution in [3.63, 3.8) is 0 Å². The highest BCUT2D eigenvalue weighted by Gasteiger charge is 2.03. The topological polar surface area (TPSA) is 26.3 Å². The minimum absolute atomic E-state index is 0.236. The van der Waals surface area contributed by atoms with Crippen LogP contribution in [0.5, 0.6) is 0 Å². The van der Waals surface area contributed by atoms with Gasteiger partial charge in [-0.05, 0) is 12.5 Å². The fraction of sp³-hybridized carbons (Fsp3) is 0.571. The molecule has 10 heavy (non-hydrogen) atoms. The zero-order valence-corrected chi connectivity index (χ0v) is 8.22. The van der Waals surface area contributed by atoms with Gasteiger partial charge in [0.2, 0.25) is 9.76 Å². The van der Waals surface area contributed by atoms with E-state index in [1.165, 1.54) is 0 Å². The molecule has 2 nitrogen and oxygen atoms in total. The van der Waals surface area contributed by atoms with Crippen molar-refractivity contribution < 1.29 is 9.22 Å². The number of hydrogen-bond acceptors (Lipinski definition) is 2. The summed E-state index contributed by atoms with van der Waals surface area (Å²) >= 11 is 0. The summed E-state index contributed by atoms with van der Waals surface area (Å²) < 4.78 is 4.97. The average molecular weight is 158 g/mol. The third kappa shape index (κ3) is 4.32. The standard InChI is InChI=1S/C7H14O2Si/c1-5(2)7(8)9-10-6(3)4/h6H,1,10H2,2-4H3. The van der Waals surface area contributed by atoms with Gasteiger partial charge in [-0.2, -0.15) is 0 Å². The fourth-order valence-electron chi connectivity index (χ4n) is 0.366. The van der Waals surface area contributed by atoms with Gasteiger partial charge in [-0.25, -0.2) is 4.79 Å². The molecule has 0 unspecified atom stereocenters. The van der Waals surface area contributed by atoms with Gasteiger partial charge in [-0.1, -0.05) is 20.4 Å². The van der Waals surface area contributed by atoms with Crippen molar-refractivity contribution in [2.45, 2.75) is 26.3 Å². The molecule has 0 N–H and O–H groups in total. The van der Waals surface area contributed by atoms with E-state index in [4.69, 9.17) is 4.43 Å². The van der Waals surface area contributed by atoms with E-state index in [1.807, 2.05) is 0 Å². The summed E-state index contributed by atoms with van der Waals surface area (Å²) in [7, 11) is -0.655. The summed E-state index contributed by atoms with van der Waals surface area (Å²) in [6.07, 6.45) is 0. The molecule has 0 fully saturated rings. The molecule has 3 heteroatoms. The molecule has 0 aromatic rings. The minimum Gasteiger partial charge on any atom is -0.521 e. The van der Waals surface area contributed by atoms with Crippen molar-refractivity contribution in [3.05, 3.63) is 12.2 Å². The first-order valence-electron chi connectivity index (χ1n) is 3.36. The van der Waals surface area contributed by atoms with E-state index in [0.717, 1.165) is 0 Å². The molecule has 0 aromatic carbocycles. The summed E-state index contributed by atoms with van der Waals surface area (Å²) in [5, 5.41) is 0. The average Bonchev–Trinajstić information content (AvgIpc) is 1.82. The molecule has 0 rings (SSSR count). The van der Waals surface area contributed by atoms with Crippen LogP contribution in [0.3, 0.4) is 0 Å². The van der Waals surface area contributed by atoms with Crippen LogP contribution in [-0.2, 0) is 9.22 Å². The van der Waals surface area contributed by atoms with E-state index < -0.39 is 9.76 Å². The van der Waals surface area contributed by atoms with E-state index >= 15 is 0 Å². The largest absolute Gasteiger partial charge is 0.521 e. The fourth-order valence-corrected chi connectivity index (χ4v) is 1.10. The first-order chi connectivity index (χ1) is 4.54. The Morgan fingerprint density at radius 1 is 1.60 bits per heavy atom. The molecule has 0 atom stereocenters. The number of carbonyl (C=O) groups is 1. The second kappa shape index (κ2) is 4.28. The quantitative estimate of drug-likeness (QED) is 0.453. The predicted octanol–water partition coefficient (Wildman–Crippen LogP) is 1.02. The van der Waals surface area contributed by atoms with Gasteiger partial charge in [-0.3, -0.25) is 0 Å². The summed E-state index contributed by atoms with van der Waals surface area (Å²) in [4.78, 5) is 10.8. The maximum atomic E-state index is 10.8. The summed E-state index contributed by atoms with van der Waals surface area (Å²) in [6, 6.07) is 0. The summed E-state index contributed by atoms with van der Waals surface area (Å²) in [6.45, 7) is 9.25. The number of carbonyl (C=O) groups excluding carboxylic acids is 1. The maximum Gasteiger partial charge on any atom is 0.319 e. The minimum atomic E-state index is -0.655. The van der Waals surface area contributed by atoms with E-state index in [9.17, 15) is 4.79 Å². The lowest BCUT2D eigenvalue weighted by Crippen LogP contribution is -2.10. The molecule has 0 saturated heterocycles. The van der Waals surface area contributed by atoms with Gasteiger partial charge in [0.15, 0.2) is 0 Å². The Morgan fingerprint density at radius 2 is 2.10 bits per heavy atom. The molecule has 0 heterocycles. The predicted molar refractivity (Wildman–Crippen MR) is 44.5 cm³/mol. The van der Waals surface area contributed by atoms with Gasteiger partial charge in [0, 0.05) is 5.57 Å². The molecular formula is C7H14O2Si. The van der Waals surface area contributed by atoms with Crippen LogP contribution >= 0.6 is 0 Å². The Bertz CT molecular complexity index is 141. The van der Waals surface area contributed by atoms with Crippen LogP contribution in [0.1, 0.15) is 20.8 Å². The Morgan fingerprint density at radius 3 is 2.40 bits per heavy atom. The lowest BCUT2D eigenvalue weighted by molar-refractivity contribution is -0.130. The molecule has 0 amide bonds. The monoisotopic (exact) mass is 158 g/mol. The zero-order chi connectivity index (χ0) is 8.15. The van der Waals surface area contributed by atoms with Gasteiger partial charge in [-0.15, -0.1) is 0 Å². The summed E-state index contributed by atoms with van der Waals surface area (Å²) in [5.74, 6) is -0.236. The van der Waals surface area contributed by atoms with Gasteiger partial charge >= 0.3 is 5.97 Å². The Balaban J connectivity index is 3.50. The second-order valence-electron chi connectivity index (χ2n) is 2.77. The van der Waals surface area contributed by atoms with Crippen molar-refractivity contribution in [2.24, 2.45) is 0 Å². The smallest absolute Gasteiger partial charge is 0.319 e. The molecule has 0 radical (unpaired) electrons. The lowest BCUT2D eigenvalue weighted by atomic mass is 10.4. The first kappa shape index (κ1) is 9.43. The normalized spacial score (nSPS) is 10.8. The highest BCUT2D eigenvalue weighted by Crippen LogP contribution is 1.99. The van der Waals surface area contributed by atoms with Crippen molar-refractivity contribution >= 4 is 15.7 Å². The van der Waals surface area contributed by atoms with Crippen LogP contribution in [0.2, 0.25) is 5.54 Å². The molecule has 0 bridgehead atoms. The Hall–Kier alpha value is -0.573. The van der Waals surface area contributed by atoms with Crippen molar-refractivity contribution in [1.82, 2.24) is 0 Å². The van der Waals surface area contributed by atoms with Crippen molar-refractivity contribution in [3.8, 4) is 0 Å². The van der Waals surface area contributed by atoms with E-state index in [2.05, 4.69) is 20.4 Å². The highest BCUT2D eigenvalue weighted by molar-refractivity contribution is 6.33. The van der Waals surface area contributed by atoms with Crippen LogP contribution in [0.15, 0.2) is 12.2 Å². The van der Waals surface area contributed by atoms with E-state index in [0.29, 0.717) is 11.1 Å². The van der Waals surface area contributed by atoms with Gasteiger partial charge < -0.3 is 4.43 Å². The van der Waals surface area contributed by atoms with Gasteiger partial charge in [0.05, 0.1) is 0 Å². The van der Waals surface area contributed by atoms with Gasteiger partial charge in [0.1, 0.15) is 0 Å². The lowest BCUT2D eigenvalue weighted by Gasteiger charge is -2.05. The van der Waals surface area contributed by atoms with E-state index in [1.54, 1.807) is 6.92 Å². The van der Waals surface area contributed by atoms with Gasteiger partial charge in [0.25, 0.3) is 0 Å². The molecule has 0 saturated carbocycles. The third-order valence-electron chi connectivity index (χ3n) is 0.896. The zero-order valence-electron chi connectivity index (χ0n) is 6.81. The molecule has 58 valence electrons. The SMILES string of the molecule is C=C(C)C(=O)O[SiH2]C(C)C. The highest BCUT2D eigenvalue weighted by atomic mass is 28.2. The molecule has 0 aliphatic heterocycles. The Kier molecular flexibility index (Phi) is 4.03. The second-order valence-corrected chi connectivity index (χ2v) is 5.03. The van der Waals surface area contributed by atoms with E-state index in [-0.39, 0.29) is 5.97 Å². The number of hydrogen-bond donors (Lipinski definition) is 0. The van der Waals surface area contributed by atoms with Crippen molar-refractivity contribution in [1.29, 1.82) is 0 Å². The molecule has 0 aromatic heterocycles. The van der Waals surface area contributed by atoms with Crippen LogP contribution in [0.25, 0.3) is 0 Å². The summed E-state index contributed by atoms with van der Waals surface area (Å²) in [5.41, 5.74) is 1.02. The first-order valence-corrected chi connectivity index (χ1v) is 4.76. The number of rotatable bonds is 3. The third-order valence-corrected chi connectivity index (χ3v) is 1.99. The molecular weight excluding hydrogens is 144 g/mol.